The number of hydrogen-bond donors (Lipinski definition) is 1. The first-order valence-corrected chi connectivity index (χ1v) is 15.6. The maximum atomic E-state index is 14.7. The van der Waals surface area contributed by atoms with Crippen LogP contribution in [0.5, 0.6) is 5.75 Å². The zero-order valence-corrected chi connectivity index (χ0v) is 25.6. The van der Waals surface area contributed by atoms with Crippen molar-refractivity contribution in [3.05, 3.63) is 91.0 Å². The Morgan fingerprint density at radius 1 is 0.867 bits per heavy atom. The highest BCUT2D eigenvalue weighted by Gasteiger charge is 2.75. The van der Waals surface area contributed by atoms with Gasteiger partial charge in [0, 0.05) is 24.5 Å². The third kappa shape index (κ3) is 4.40. The fourth-order valence-electron chi connectivity index (χ4n) is 7.72. The molecular weight excluding hydrogens is 570 g/mol. The van der Waals surface area contributed by atoms with E-state index < -0.39 is 35.1 Å². The number of benzene rings is 3. The lowest BCUT2D eigenvalue weighted by Gasteiger charge is -2.39. The lowest BCUT2D eigenvalue weighted by Crippen LogP contribution is -2.58. The number of ether oxygens (including phenoxy) is 2. The van der Waals surface area contributed by atoms with Gasteiger partial charge in [0.2, 0.25) is 11.8 Å². The number of fused-ring (bicyclic) bond motifs is 3. The summed E-state index contributed by atoms with van der Waals surface area (Å²) in [5, 5.41) is 12.3. The molecule has 0 radical (unpaired) electrons. The third-order valence-electron chi connectivity index (χ3n) is 9.74. The number of likely N-dealkylation sites (tertiary alicyclic amines) is 1. The van der Waals surface area contributed by atoms with Crippen molar-refractivity contribution in [2.75, 3.05) is 36.1 Å². The Labute approximate surface area is 262 Å². The molecule has 9 nitrogen and oxygen atoms in total. The molecule has 1 spiro atoms. The van der Waals surface area contributed by atoms with Crippen LogP contribution in [0.3, 0.4) is 0 Å². The summed E-state index contributed by atoms with van der Waals surface area (Å²) >= 11 is 0. The largest absolute Gasteiger partial charge is 0.494 e. The van der Waals surface area contributed by atoms with E-state index in [1.807, 2.05) is 105 Å². The quantitative estimate of drug-likeness (QED) is 0.424. The number of carbonyl (C=O) groups is 3. The highest BCUT2D eigenvalue weighted by molar-refractivity contribution is 6.08. The van der Waals surface area contributed by atoms with Crippen LogP contribution in [0.1, 0.15) is 20.8 Å². The number of aliphatic hydroxyl groups excluding tert-OH is 1. The average Bonchev–Trinajstić information content (AvgIpc) is 3.32. The summed E-state index contributed by atoms with van der Waals surface area (Å²) in [6.07, 6.45) is 7.45. The van der Waals surface area contributed by atoms with Gasteiger partial charge in [-0.1, -0.05) is 54.6 Å². The zero-order chi connectivity index (χ0) is 31.5. The Bertz CT molecular complexity index is 1740. The zero-order valence-electron chi connectivity index (χ0n) is 25.6. The molecule has 3 amide bonds. The van der Waals surface area contributed by atoms with E-state index in [1.165, 1.54) is 4.90 Å². The van der Waals surface area contributed by atoms with E-state index in [0.29, 0.717) is 30.3 Å². The van der Waals surface area contributed by atoms with E-state index in [9.17, 15) is 19.5 Å². The summed E-state index contributed by atoms with van der Waals surface area (Å²) in [5.74, 6) is -2.12. The molecule has 4 aliphatic heterocycles. The molecule has 232 valence electrons. The molecule has 6 atom stereocenters. The second-order valence-corrected chi connectivity index (χ2v) is 12.4. The van der Waals surface area contributed by atoms with Crippen LogP contribution in [0.15, 0.2) is 91.0 Å². The Kier molecular flexibility index (Phi) is 7.06. The molecule has 1 unspecified atom stereocenters. The molecule has 0 bridgehead atoms. The van der Waals surface area contributed by atoms with Crippen molar-refractivity contribution >= 4 is 39.9 Å². The minimum Gasteiger partial charge on any atom is -0.494 e. The van der Waals surface area contributed by atoms with Crippen LogP contribution in [0.2, 0.25) is 0 Å². The Morgan fingerprint density at radius 2 is 1.53 bits per heavy atom. The van der Waals surface area contributed by atoms with Crippen molar-refractivity contribution in [2.24, 2.45) is 11.8 Å². The second-order valence-electron chi connectivity index (χ2n) is 12.4. The van der Waals surface area contributed by atoms with Gasteiger partial charge in [0.05, 0.1) is 36.7 Å². The first kappa shape index (κ1) is 29.3. The Hall–Kier alpha value is -4.47. The average molecular weight is 608 g/mol. The van der Waals surface area contributed by atoms with Crippen LogP contribution >= 0.6 is 0 Å². The van der Waals surface area contributed by atoms with Crippen molar-refractivity contribution in [2.45, 2.75) is 44.1 Å². The van der Waals surface area contributed by atoms with Crippen LogP contribution in [-0.4, -0.2) is 77.3 Å². The fraction of sp³-hybridized carbons (Fsp3) is 0.361. The Balaban J connectivity index is 1.31. The van der Waals surface area contributed by atoms with Crippen LogP contribution in [-0.2, 0) is 19.1 Å². The number of rotatable bonds is 6. The van der Waals surface area contributed by atoms with Gasteiger partial charge >= 0.3 is 0 Å². The van der Waals surface area contributed by atoms with Crippen LogP contribution in [0.25, 0.3) is 10.8 Å². The number of anilines is 2. The minimum atomic E-state index is -1.41. The van der Waals surface area contributed by atoms with Gasteiger partial charge in [-0.3, -0.25) is 14.4 Å². The summed E-state index contributed by atoms with van der Waals surface area (Å²) in [6, 6.07) is 19.3. The van der Waals surface area contributed by atoms with Crippen molar-refractivity contribution in [3.63, 3.8) is 0 Å². The van der Waals surface area contributed by atoms with Gasteiger partial charge in [-0.2, -0.15) is 0 Å². The number of amides is 3. The maximum absolute atomic E-state index is 14.7. The molecule has 0 aromatic heterocycles. The van der Waals surface area contributed by atoms with E-state index >= 15 is 0 Å². The van der Waals surface area contributed by atoms with E-state index in [0.717, 1.165) is 10.8 Å². The van der Waals surface area contributed by atoms with E-state index in [4.69, 9.17) is 9.47 Å². The predicted octanol–water partition coefficient (Wildman–Crippen LogP) is 4.10. The first-order valence-electron chi connectivity index (χ1n) is 15.6. The molecular formula is C36H37N3O6. The standard InChI is InChI=1S/C36H37N3O6/c1-4-44-28-15-13-26(14-16-28)37-19-7-17-35(3)29(32(37)41)30-33(42)39(23(2)22-40)31-34(43)38(20-8-18-36(30,31)45-35)27-12-11-24-9-5-6-10-25(24)21-27/h5-18,21,23,29-31,40H,4,19-20,22H2,1-3H3/t23-,29-,30+,31?,35+,36+/m1/s1. The molecule has 4 aliphatic rings. The molecule has 45 heavy (non-hydrogen) atoms. The number of nitrogens with zero attached hydrogens (tertiary/aromatic N) is 3. The van der Waals surface area contributed by atoms with Gasteiger partial charge in [-0.05, 0) is 67.9 Å². The number of aliphatic hydroxyl groups is 1. The fourth-order valence-corrected chi connectivity index (χ4v) is 7.72. The molecule has 0 aliphatic carbocycles. The van der Waals surface area contributed by atoms with Crippen LogP contribution in [0.4, 0.5) is 11.4 Å². The monoisotopic (exact) mass is 607 g/mol. The van der Waals surface area contributed by atoms with E-state index in [2.05, 4.69) is 0 Å². The molecule has 3 aromatic carbocycles. The lowest BCUT2D eigenvalue weighted by atomic mass is 9.74. The predicted molar refractivity (Wildman–Crippen MR) is 171 cm³/mol. The van der Waals surface area contributed by atoms with Gasteiger partial charge in [-0.15, -0.1) is 0 Å². The normalized spacial score (nSPS) is 29.8. The smallest absolute Gasteiger partial charge is 0.253 e. The summed E-state index contributed by atoms with van der Waals surface area (Å²) in [7, 11) is 0. The molecule has 7 rings (SSSR count). The van der Waals surface area contributed by atoms with Crippen molar-refractivity contribution in [1.82, 2.24) is 4.90 Å². The molecule has 2 fully saturated rings. The topological polar surface area (TPSA) is 99.6 Å². The van der Waals surface area contributed by atoms with Gasteiger partial charge in [0.1, 0.15) is 17.4 Å². The third-order valence-corrected chi connectivity index (χ3v) is 9.74. The van der Waals surface area contributed by atoms with Crippen molar-refractivity contribution in [3.8, 4) is 5.75 Å². The SMILES string of the molecule is CCOc1ccc(N2CC=C[C@]3(C)O[C@]45C=CCN(c6ccc7ccccc7c6)C(=O)C4N([C@H](C)CO)C(=O)[C@@H]5[C@@H]3C2=O)cc1. The van der Waals surface area contributed by atoms with Gasteiger partial charge in [-0.25, -0.2) is 0 Å². The van der Waals surface area contributed by atoms with Gasteiger partial charge in [0.25, 0.3) is 5.91 Å². The van der Waals surface area contributed by atoms with E-state index in [1.54, 1.807) is 16.7 Å². The maximum Gasteiger partial charge on any atom is 0.253 e. The van der Waals surface area contributed by atoms with Crippen LogP contribution in [0, 0.1) is 11.8 Å². The summed E-state index contributed by atoms with van der Waals surface area (Å²) in [4.78, 5) is 48.6. The lowest BCUT2D eigenvalue weighted by molar-refractivity contribution is -0.147. The second kappa shape index (κ2) is 10.9. The van der Waals surface area contributed by atoms with Gasteiger partial charge in [0.15, 0.2) is 0 Å². The highest BCUT2D eigenvalue weighted by Crippen LogP contribution is 2.58. The Morgan fingerprint density at radius 3 is 2.24 bits per heavy atom. The molecule has 4 heterocycles. The highest BCUT2D eigenvalue weighted by atomic mass is 16.5. The van der Waals surface area contributed by atoms with Crippen LogP contribution < -0.4 is 14.5 Å². The molecule has 9 heteroatoms. The summed E-state index contributed by atoms with van der Waals surface area (Å²) < 4.78 is 12.5. The molecule has 2 saturated heterocycles. The number of carbonyl (C=O) groups excluding carboxylic acids is 3. The van der Waals surface area contributed by atoms with Crippen molar-refractivity contribution in [1.29, 1.82) is 0 Å². The minimum absolute atomic E-state index is 0.254. The van der Waals surface area contributed by atoms with E-state index in [-0.39, 0.29) is 30.9 Å². The number of hydrogen-bond acceptors (Lipinski definition) is 6. The summed E-state index contributed by atoms with van der Waals surface area (Å²) in [5.41, 5.74) is -1.18. The summed E-state index contributed by atoms with van der Waals surface area (Å²) in [6.45, 7) is 6.22. The van der Waals surface area contributed by atoms with Crippen molar-refractivity contribution < 1.29 is 29.0 Å². The van der Waals surface area contributed by atoms with Gasteiger partial charge < -0.3 is 29.3 Å². The molecule has 1 N–H and O–H groups in total. The molecule has 0 saturated carbocycles. The molecule has 3 aromatic rings. The first-order chi connectivity index (χ1) is 21.7.